The highest BCUT2D eigenvalue weighted by molar-refractivity contribution is 4.58. The van der Waals surface area contributed by atoms with Gasteiger partial charge in [0.2, 0.25) is 0 Å². The molecule has 0 spiro atoms. The highest BCUT2D eigenvalue weighted by atomic mass is 16.5. The molecule has 0 saturated heterocycles. The van der Waals surface area contributed by atoms with E-state index in [4.69, 9.17) is 4.74 Å². The Morgan fingerprint density at radius 1 is 1.17 bits per heavy atom. The third kappa shape index (κ3) is 5.56. The Morgan fingerprint density at radius 2 is 1.75 bits per heavy atom. The molecule has 2 heteroatoms. The molecule has 0 bridgehead atoms. The molecule has 0 aromatic rings. The van der Waals surface area contributed by atoms with Gasteiger partial charge in [0.05, 0.1) is 6.10 Å². The third-order valence-electron chi connectivity index (χ3n) is 2.02. The molecule has 1 atom stereocenters. The molecule has 0 aliphatic rings. The van der Waals surface area contributed by atoms with Gasteiger partial charge in [0, 0.05) is 13.2 Å². The molecule has 2 nitrogen and oxygen atoms in total. The van der Waals surface area contributed by atoms with Crippen molar-refractivity contribution in [3.63, 3.8) is 0 Å². The second kappa shape index (κ2) is 7.56. The van der Waals surface area contributed by atoms with Gasteiger partial charge in [-0.05, 0) is 26.4 Å². The van der Waals surface area contributed by atoms with Crippen molar-refractivity contribution in [3.05, 3.63) is 0 Å². The lowest BCUT2D eigenvalue weighted by Gasteiger charge is -2.22. The largest absolute Gasteiger partial charge is 0.377 e. The van der Waals surface area contributed by atoms with Crippen LogP contribution in [0.15, 0.2) is 0 Å². The first kappa shape index (κ1) is 11.9. The minimum atomic E-state index is 0.379. The van der Waals surface area contributed by atoms with E-state index in [-0.39, 0.29) is 0 Å². The highest BCUT2D eigenvalue weighted by Gasteiger charge is 2.05. The summed E-state index contributed by atoms with van der Waals surface area (Å²) >= 11 is 0. The molecule has 0 saturated carbocycles. The lowest BCUT2D eigenvalue weighted by molar-refractivity contribution is 0.0404. The second-order valence-corrected chi connectivity index (χ2v) is 3.17. The molecule has 0 aromatic carbocycles. The molecule has 0 aliphatic heterocycles. The van der Waals surface area contributed by atoms with Crippen LogP contribution in [0.25, 0.3) is 0 Å². The van der Waals surface area contributed by atoms with Gasteiger partial charge in [0.15, 0.2) is 0 Å². The maximum absolute atomic E-state index is 5.58. The van der Waals surface area contributed by atoms with E-state index in [1.165, 1.54) is 0 Å². The van der Waals surface area contributed by atoms with Crippen LogP contribution in [0.4, 0.5) is 0 Å². The van der Waals surface area contributed by atoms with Crippen molar-refractivity contribution in [2.45, 2.75) is 40.2 Å². The molecule has 1 unspecified atom stereocenters. The molecular weight excluding hydrogens is 150 g/mol. The Bertz CT molecular complexity index is 91.8. The van der Waals surface area contributed by atoms with E-state index < -0.39 is 0 Å². The normalized spacial score (nSPS) is 13.8. The molecule has 0 aliphatic carbocycles. The Kier molecular flexibility index (Phi) is 7.51. The van der Waals surface area contributed by atoms with E-state index >= 15 is 0 Å². The zero-order valence-corrected chi connectivity index (χ0v) is 8.97. The van der Waals surface area contributed by atoms with Crippen LogP contribution < -0.4 is 0 Å². The molecule has 0 heterocycles. The summed E-state index contributed by atoms with van der Waals surface area (Å²) in [4.78, 5) is 2.39. The average molecular weight is 173 g/mol. The van der Waals surface area contributed by atoms with E-state index in [0.717, 1.165) is 32.7 Å². The quantitative estimate of drug-likeness (QED) is 0.585. The van der Waals surface area contributed by atoms with Gasteiger partial charge in [0.1, 0.15) is 0 Å². The van der Waals surface area contributed by atoms with Crippen LogP contribution in [0.3, 0.4) is 0 Å². The lowest BCUT2D eigenvalue weighted by atomic mass is 10.3. The second-order valence-electron chi connectivity index (χ2n) is 3.17. The minimum Gasteiger partial charge on any atom is -0.377 e. The Morgan fingerprint density at radius 3 is 2.17 bits per heavy atom. The molecule has 0 radical (unpaired) electrons. The minimum absolute atomic E-state index is 0.379. The maximum atomic E-state index is 5.58. The fourth-order valence-corrected chi connectivity index (χ4v) is 1.22. The van der Waals surface area contributed by atoms with Gasteiger partial charge in [0.25, 0.3) is 0 Å². The van der Waals surface area contributed by atoms with Crippen molar-refractivity contribution in [3.8, 4) is 0 Å². The van der Waals surface area contributed by atoms with E-state index in [2.05, 4.69) is 32.6 Å². The van der Waals surface area contributed by atoms with Gasteiger partial charge in [-0.25, -0.2) is 0 Å². The van der Waals surface area contributed by atoms with Crippen LogP contribution in [-0.2, 0) is 4.74 Å². The lowest BCUT2D eigenvalue weighted by Crippen LogP contribution is -2.32. The standard InChI is InChI=1S/C10H23NO/c1-5-8-12-10(4)9-11(6-2)7-3/h10H,5-9H2,1-4H3. The third-order valence-corrected chi connectivity index (χ3v) is 2.02. The number of nitrogens with zero attached hydrogens (tertiary/aromatic N) is 1. The Balaban J connectivity index is 3.44. The van der Waals surface area contributed by atoms with E-state index in [9.17, 15) is 0 Å². The van der Waals surface area contributed by atoms with Crippen molar-refractivity contribution >= 4 is 0 Å². The van der Waals surface area contributed by atoms with Crippen LogP contribution in [0.5, 0.6) is 0 Å². The first-order valence-electron chi connectivity index (χ1n) is 5.08. The smallest absolute Gasteiger partial charge is 0.0673 e. The molecule has 0 fully saturated rings. The highest BCUT2D eigenvalue weighted by Crippen LogP contribution is 1.96. The summed E-state index contributed by atoms with van der Waals surface area (Å²) in [6, 6.07) is 0. The van der Waals surface area contributed by atoms with Crippen LogP contribution >= 0.6 is 0 Å². The van der Waals surface area contributed by atoms with E-state index in [1.54, 1.807) is 0 Å². The summed E-state index contributed by atoms with van der Waals surface area (Å²) in [5.41, 5.74) is 0. The first-order valence-corrected chi connectivity index (χ1v) is 5.08. The van der Waals surface area contributed by atoms with Gasteiger partial charge in [-0.1, -0.05) is 20.8 Å². The number of likely N-dealkylation sites (N-methyl/N-ethyl adjacent to an activating group) is 1. The number of ether oxygens (including phenoxy) is 1. The van der Waals surface area contributed by atoms with Gasteiger partial charge in [-0.2, -0.15) is 0 Å². The number of hydrogen-bond donors (Lipinski definition) is 0. The molecular formula is C10H23NO. The maximum Gasteiger partial charge on any atom is 0.0673 e. The summed E-state index contributed by atoms with van der Waals surface area (Å²) in [6.45, 7) is 12.9. The molecule has 0 aromatic heterocycles. The predicted molar refractivity (Wildman–Crippen MR) is 53.5 cm³/mol. The fraction of sp³-hybridized carbons (Fsp3) is 1.00. The molecule has 0 amide bonds. The SMILES string of the molecule is CCCOC(C)CN(CC)CC. The van der Waals surface area contributed by atoms with Crippen LogP contribution in [0, 0.1) is 0 Å². The average Bonchev–Trinajstić information content (AvgIpc) is 2.10. The first-order chi connectivity index (χ1) is 5.74. The van der Waals surface area contributed by atoms with Crippen LogP contribution in [0.2, 0.25) is 0 Å². The Hall–Kier alpha value is -0.0800. The Labute approximate surface area is 76.9 Å². The zero-order chi connectivity index (χ0) is 9.40. The molecule has 74 valence electrons. The summed E-state index contributed by atoms with van der Waals surface area (Å²) in [7, 11) is 0. The van der Waals surface area contributed by atoms with Crippen molar-refractivity contribution in [2.75, 3.05) is 26.2 Å². The van der Waals surface area contributed by atoms with E-state index in [0.29, 0.717) is 6.10 Å². The van der Waals surface area contributed by atoms with Gasteiger partial charge in [-0.15, -0.1) is 0 Å². The summed E-state index contributed by atoms with van der Waals surface area (Å²) < 4.78 is 5.58. The number of hydrogen-bond acceptors (Lipinski definition) is 2. The monoisotopic (exact) mass is 173 g/mol. The van der Waals surface area contributed by atoms with Gasteiger partial charge in [-0.3, -0.25) is 0 Å². The van der Waals surface area contributed by atoms with Crippen molar-refractivity contribution < 1.29 is 4.74 Å². The summed E-state index contributed by atoms with van der Waals surface area (Å²) in [5, 5.41) is 0. The van der Waals surface area contributed by atoms with Crippen LogP contribution in [-0.4, -0.2) is 37.2 Å². The van der Waals surface area contributed by atoms with E-state index in [1.807, 2.05) is 0 Å². The van der Waals surface area contributed by atoms with Gasteiger partial charge >= 0.3 is 0 Å². The fourth-order valence-electron chi connectivity index (χ4n) is 1.22. The van der Waals surface area contributed by atoms with Crippen molar-refractivity contribution in [2.24, 2.45) is 0 Å². The molecule has 12 heavy (non-hydrogen) atoms. The van der Waals surface area contributed by atoms with Gasteiger partial charge < -0.3 is 9.64 Å². The molecule has 0 rings (SSSR count). The van der Waals surface area contributed by atoms with Crippen molar-refractivity contribution in [1.29, 1.82) is 0 Å². The molecule has 0 N–H and O–H groups in total. The van der Waals surface area contributed by atoms with Crippen LogP contribution in [0.1, 0.15) is 34.1 Å². The summed E-state index contributed by atoms with van der Waals surface area (Å²) in [5.74, 6) is 0. The summed E-state index contributed by atoms with van der Waals surface area (Å²) in [6.07, 6.45) is 1.49. The zero-order valence-electron chi connectivity index (χ0n) is 8.97. The predicted octanol–water partition coefficient (Wildman–Crippen LogP) is 2.14. The number of rotatable bonds is 7. The van der Waals surface area contributed by atoms with Crippen molar-refractivity contribution in [1.82, 2.24) is 4.90 Å². The topological polar surface area (TPSA) is 12.5 Å².